The van der Waals surface area contributed by atoms with Crippen molar-refractivity contribution in [2.24, 2.45) is 0 Å². The highest BCUT2D eigenvalue weighted by molar-refractivity contribution is 7.05. The second kappa shape index (κ2) is 8.27. The number of para-hydroxylation sites is 1. The molecule has 1 saturated heterocycles. The maximum Gasteiger partial charge on any atom is 0.422 e. The Kier molecular flexibility index (Phi) is 6.13. The van der Waals surface area contributed by atoms with Crippen molar-refractivity contribution in [3.8, 4) is 5.75 Å². The highest BCUT2D eigenvalue weighted by Crippen LogP contribution is 2.31. The highest BCUT2D eigenvalue weighted by atomic mass is 32.1. The molecule has 1 unspecified atom stereocenters. The van der Waals surface area contributed by atoms with Gasteiger partial charge in [-0.1, -0.05) is 12.1 Å². The Bertz CT molecular complexity index is 864. The summed E-state index contributed by atoms with van der Waals surface area (Å²) in [6.45, 7) is 2.65. The molecule has 1 aromatic heterocycles. The van der Waals surface area contributed by atoms with Crippen molar-refractivity contribution in [2.45, 2.75) is 44.4 Å². The van der Waals surface area contributed by atoms with E-state index in [1.807, 2.05) is 0 Å². The number of ether oxygens (including phenoxy) is 1. The number of piperidine rings is 1. The minimum Gasteiger partial charge on any atom is -0.483 e. The molecule has 3 rings (SSSR count). The molecule has 1 fully saturated rings. The normalized spacial score (nSPS) is 18.0. The van der Waals surface area contributed by atoms with E-state index in [9.17, 15) is 23.1 Å². The van der Waals surface area contributed by atoms with Crippen molar-refractivity contribution in [3.05, 3.63) is 40.7 Å². The lowest BCUT2D eigenvalue weighted by Gasteiger charge is -2.32. The monoisotopic (exact) mass is 429 g/mol. The standard InChI is InChI=1S/C19H22F3N3O3S/c1-18(2,27)17-23-15(24-29-17)12-6-5-9-25(10-12)16(26)13-7-3-4-8-14(13)28-11-19(20,21)22/h3-4,7-8,12,27H,5-6,9-11H2,1-2H3. The summed E-state index contributed by atoms with van der Waals surface area (Å²) in [5, 5.41) is 10.6. The lowest BCUT2D eigenvalue weighted by Crippen LogP contribution is -2.39. The van der Waals surface area contributed by atoms with Gasteiger partial charge in [-0.15, -0.1) is 0 Å². The fourth-order valence-electron chi connectivity index (χ4n) is 3.12. The van der Waals surface area contributed by atoms with Gasteiger partial charge in [-0.2, -0.15) is 17.5 Å². The van der Waals surface area contributed by atoms with E-state index in [4.69, 9.17) is 4.74 Å². The van der Waals surface area contributed by atoms with E-state index < -0.39 is 18.4 Å². The van der Waals surface area contributed by atoms with Gasteiger partial charge in [0.2, 0.25) is 0 Å². The van der Waals surface area contributed by atoms with Crippen LogP contribution >= 0.6 is 11.5 Å². The Morgan fingerprint density at radius 1 is 1.34 bits per heavy atom. The first-order chi connectivity index (χ1) is 13.5. The van der Waals surface area contributed by atoms with Gasteiger partial charge >= 0.3 is 6.18 Å². The van der Waals surface area contributed by atoms with Gasteiger partial charge in [0.05, 0.1) is 5.56 Å². The number of amides is 1. The smallest absolute Gasteiger partial charge is 0.422 e. The van der Waals surface area contributed by atoms with Crippen LogP contribution in [-0.2, 0) is 5.60 Å². The molecule has 1 aromatic carbocycles. The Morgan fingerprint density at radius 2 is 2.07 bits per heavy atom. The zero-order chi connectivity index (χ0) is 21.2. The molecule has 2 heterocycles. The number of rotatable bonds is 5. The second-order valence-electron chi connectivity index (χ2n) is 7.51. The molecule has 1 aliphatic heterocycles. The Labute approximate surface area is 170 Å². The van der Waals surface area contributed by atoms with Crippen LogP contribution < -0.4 is 4.74 Å². The molecule has 0 radical (unpaired) electrons. The summed E-state index contributed by atoms with van der Waals surface area (Å²) >= 11 is 1.13. The largest absolute Gasteiger partial charge is 0.483 e. The predicted octanol–water partition coefficient (Wildman–Crippen LogP) is 3.73. The highest BCUT2D eigenvalue weighted by Gasteiger charge is 2.32. The first-order valence-corrected chi connectivity index (χ1v) is 9.96. The van der Waals surface area contributed by atoms with Crippen LogP contribution in [0.3, 0.4) is 0 Å². The summed E-state index contributed by atoms with van der Waals surface area (Å²) < 4.78 is 46.7. The van der Waals surface area contributed by atoms with E-state index in [2.05, 4.69) is 9.36 Å². The number of nitrogens with zero attached hydrogens (tertiary/aromatic N) is 3. The van der Waals surface area contributed by atoms with Gasteiger partial charge in [-0.3, -0.25) is 4.79 Å². The van der Waals surface area contributed by atoms with Crippen molar-refractivity contribution in [3.63, 3.8) is 0 Å². The number of carbonyl (C=O) groups excluding carboxylic acids is 1. The fourth-order valence-corrected chi connectivity index (χ4v) is 3.85. The van der Waals surface area contributed by atoms with Gasteiger partial charge in [0.1, 0.15) is 22.2 Å². The van der Waals surface area contributed by atoms with Crippen LogP contribution in [-0.4, -0.2) is 51.1 Å². The predicted molar refractivity (Wildman–Crippen MR) is 101 cm³/mol. The molecule has 158 valence electrons. The molecular weight excluding hydrogens is 407 g/mol. The van der Waals surface area contributed by atoms with E-state index in [1.54, 1.807) is 24.8 Å². The lowest BCUT2D eigenvalue weighted by molar-refractivity contribution is -0.153. The number of alkyl halides is 3. The summed E-state index contributed by atoms with van der Waals surface area (Å²) in [6, 6.07) is 5.94. The fraction of sp³-hybridized carbons (Fsp3) is 0.526. The summed E-state index contributed by atoms with van der Waals surface area (Å²) in [5.74, 6) is 0.00741. The third-order valence-electron chi connectivity index (χ3n) is 4.55. The van der Waals surface area contributed by atoms with E-state index >= 15 is 0 Å². The first kappa shape index (κ1) is 21.5. The van der Waals surface area contributed by atoms with E-state index in [-0.39, 0.29) is 23.1 Å². The minimum atomic E-state index is -4.49. The van der Waals surface area contributed by atoms with Gasteiger partial charge < -0.3 is 14.7 Å². The van der Waals surface area contributed by atoms with Crippen LogP contribution in [0.25, 0.3) is 0 Å². The molecule has 10 heteroatoms. The molecule has 0 saturated carbocycles. The topological polar surface area (TPSA) is 75.6 Å². The third-order valence-corrected chi connectivity index (χ3v) is 5.59. The second-order valence-corrected chi connectivity index (χ2v) is 8.26. The zero-order valence-electron chi connectivity index (χ0n) is 16.1. The van der Waals surface area contributed by atoms with E-state index in [1.165, 1.54) is 18.2 Å². The van der Waals surface area contributed by atoms with Crippen molar-refractivity contribution < 1.29 is 27.8 Å². The average molecular weight is 429 g/mol. The first-order valence-electron chi connectivity index (χ1n) is 9.19. The van der Waals surface area contributed by atoms with Crippen LogP contribution in [0, 0.1) is 0 Å². The van der Waals surface area contributed by atoms with Crippen molar-refractivity contribution in [1.29, 1.82) is 0 Å². The molecule has 1 atom stereocenters. The van der Waals surface area contributed by atoms with E-state index in [0.29, 0.717) is 23.9 Å². The number of likely N-dealkylation sites (tertiary alicyclic amines) is 1. The molecule has 1 N–H and O–H groups in total. The molecule has 2 aromatic rings. The Balaban J connectivity index is 1.74. The Morgan fingerprint density at radius 3 is 2.72 bits per heavy atom. The molecule has 0 bridgehead atoms. The van der Waals surface area contributed by atoms with Crippen molar-refractivity contribution in [2.75, 3.05) is 19.7 Å². The summed E-state index contributed by atoms with van der Waals surface area (Å²) in [6.07, 6.45) is -2.97. The molecule has 29 heavy (non-hydrogen) atoms. The summed E-state index contributed by atoms with van der Waals surface area (Å²) in [4.78, 5) is 19.0. The van der Waals surface area contributed by atoms with Crippen LogP contribution in [0.2, 0.25) is 0 Å². The quantitative estimate of drug-likeness (QED) is 0.784. The molecular formula is C19H22F3N3O3S. The number of aromatic nitrogens is 2. The number of carbonyl (C=O) groups is 1. The van der Waals surface area contributed by atoms with Crippen molar-refractivity contribution in [1.82, 2.24) is 14.3 Å². The van der Waals surface area contributed by atoms with Crippen molar-refractivity contribution >= 4 is 17.4 Å². The number of hydrogen-bond acceptors (Lipinski definition) is 6. The SMILES string of the molecule is CC(C)(O)c1nc(C2CCCN(C(=O)c3ccccc3OCC(F)(F)F)C2)ns1. The molecule has 1 aliphatic rings. The number of benzene rings is 1. The average Bonchev–Trinajstić information content (AvgIpc) is 3.16. The minimum absolute atomic E-state index is 0.0898. The van der Waals surface area contributed by atoms with Crippen LogP contribution in [0.5, 0.6) is 5.75 Å². The molecule has 0 spiro atoms. The maximum atomic E-state index is 13.0. The molecule has 1 amide bonds. The number of halogens is 3. The van der Waals surface area contributed by atoms with Gasteiger partial charge in [0.25, 0.3) is 5.91 Å². The summed E-state index contributed by atoms with van der Waals surface area (Å²) in [5.41, 5.74) is -0.990. The molecule has 6 nitrogen and oxygen atoms in total. The van der Waals surface area contributed by atoms with Gasteiger partial charge in [-0.25, -0.2) is 4.98 Å². The van der Waals surface area contributed by atoms with Gasteiger partial charge in [0.15, 0.2) is 6.61 Å². The zero-order valence-corrected chi connectivity index (χ0v) is 16.9. The van der Waals surface area contributed by atoms with Crippen LogP contribution in [0.15, 0.2) is 24.3 Å². The number of hydrogen-bond donors (Lipinski definition) is 1. The van der Waals surface area contributed by atoms with Crippen LogP contribution in [0.1, 0.15) is 53.8 Å². The maximum absolute atomic E-state index is 13.0. The van der Waals surface area contributed by atoms with E-state index in [0.717, 1.165) is 24.4 Å². The van der Waals surface area contributed by atoms with Gasteiger partial charge in [-0.05, 0) is 50.4 Å². The summed E-state index contributed by atoms with van der Waals surface area (Å²) in [7, 11) is 0. The van der Waals surface area contributed by atoms with Crippen LogP contribution in [0.4, 0.5) is 13.2 Å². The molecule has 0 aliphatic carbocycles. The van der Waals surface area contributed by atoms with Gasteiger partial charge in [0, 0.05) is 19.0 Å². The lowest BCUT2D eigenvalue weighted by atomic mass is 9.96. The third kappa shape index (κ3) is 5.45. The number of aliphatic hydroxyl groups is 1. The Hall–Kier alpha value is -2.20.